The highest BCUT2D eigenvalue weighted by Crippen LogP contribution is 2.29. The average molecular weight is 468 g/mol. The molecular formula is C26H33N3O5. The molecule has 2 aromatic carbocycles. The van der Waals surface area contributed by atoms with Crippen LogP contribution in [0.3, 0.4) is 0 Å². The Morgan fingerprint density at radius 1 is 1.21 bits per heavy atom. The van der Waals surface area contributed by atoms with Gasteiger partial charge in [-0.05, 0) is 42.7 Å². The monoisotopic (exact) mass is 467 g/mol. The zero-order valence-electron chi connectivity index (χ0n) is 19.6. The second-order valence-corrected chi connectivity index (χ2v) is 7.99. The molecule has 1 heterocycles. The summed E-state index contributed by atoms with van der Waals surface area (Å²) >= 11 is 0. The number of carbonyl (C=O) groups excluding carboxylic acids is 2. The molecule has 3 amide bonds. The third-order valence-electron chi connectivity index (χ3n) is 5.41. The lowest BCUT2D eigenvalue weighted by molar-refractivity contribution is -0.133. The molecule has 2 N–H and O–H groups in total. The maximum Gasteiger partial charge on any atom is 0.319 e. The minimum absolute atomic E-state index is 0.0235. The van der Waals surface area contributed by atoms with E-state index < -0.39 is 0 Å². The van der Waals surface area contributed by atoms with E-state index in [2.05, 4.69) is 17.2 Å². The number of ether oxygens (including phenoxy) is 3. The van der Waals surface area contributed by atoms with Gasteiger partial charge in [0.1, 0.15) is 6.61 Å². The van der Waals surface area contributed by atoms with Crippen molar-refractivity contribution in [3.8, 4) is 11.5 Å². The van der Waals surface area contributed by atoms with E-state index in [9.17, 15) is 9.59 Å². The first-order valence-corrected chi connectivity index (χ1v) is 11.5. The standard InChI is InChI=1S/C26H33N3O5/c1-3-15-34-23-12-11-20(17-24(23)32-2)18-29(19-22-10-7-16-33-22)25(30)13-14-27-26(31)28-21-8-5-4-6-9-21/h3-6,8-9,11-12,17,22H,1,7,10,13-16,18-19H2,2H3,(H2,27,28,31). The van der Waals surface area contributed by atoms with Crippen LogP contribution >= 0.6 is 0 Å². The van der Waals surface area contributed by atoms with E-state index in [-0.39, 0.29) is 31.0 Å². The van der Waals surface area contributed by atoms with Gasteiger partial charge in [0.25, 0.3) is 0 Å². The molecule has 0 aromatic heterocycles. The molecule has 1 aliphatic rings. The number of urea groups is 1. The van der Waals surface area contributed by atoms with Gasteiger partial charge < -0.3 is 29.7 Å². The van der Waals surface area contributed by atoms with E-state index in [0.717, 1.165) is 25.0 Å². The molecular weight excluding hydrogens is 434 g/mol. The number of methoxy groups -OCH3 is 1. The fourth-order valence-corrected chi connectivity index (χ4v) is 3.73. The van der Waals surface area contributed by atoms with Crippen LogP contribution < -0.4 is 20.1 Å². The number of nitrogens with zero attached hydrogens (tertiary/aromatic N) is 1. The third kappa shape index (κ3) is 7.81. The molecule has 182 valence electrons. The molecule has 3 rings (SSSR count). The lowest BCUT2D eigenvalue weighted by Crippen LogP contribution is -2.39. The van der Waals surface area contributed by atoms with Crippen molar-refractivity contribution in [1.82, 2.24) is 10.2 Å². The number of nitrogens with one attached hydrogen (secondary N) is 2. The summed E-state index contributed by atoms with van der Waals surface area (Å²) in [6.45, 7) is 5.91. The Morgan fingerprint density at radius 2 is 2.03 bits per heavy atom. The predicted octanol–water partition coefficient (Wildman–Crippen LogP) is 3.98. The Morgan fingerprint density at radius 3 is 2.74 bits per heavy atom. The smallest absolute Gasteiger partial charge is 0.319 e. The molecule has 1 atom stereocenters. The van der Waals surface area contributed by atoms with Gasteiger partial charge in [0, 0.05) is 38.3 Å². The van der Waals surface area contributed by atoms with Crippen molar-refractivity contribution in [2.24, 2.45) is 0 Å². The second kappa shape index (κ2) is 13.3. The predicted molar refractivity (Wildman–Crippen MR) is 131 cm³/mol. The Balaban J connectivity index is 1.59. The normalized spacial score (nSPS) is 14.8. The fourth-order valence-electron chi connectivity index (χ4n) is 3.73. The zero-order chi connectivity index (χ0) is 24.2. The van der Waals surface area contributed by atoms with E-state index in [4.69, 9.17) is 14.2 Å². The molecule has 0 radical (unpaired) electrons. The van der Waals surface area contributed by atoms with E-state index >= 15 is 0 Å². The van der Waals surface area contributed by atoms with E-state index in [1.807, 2.05) is 36.4 Å². The first kappa shape index (κ1) is 25.1. The molecule has 1 saturated heterocycles. The van der Waals surface area contributed by atoms with Gasteiger partial charge in [0.15, 0.2) is 11.5 Å². The topological polar surface area (TPSA) is 89.1 Å². The maximum absolute atomic E-state index is 13.1. The van der Waals surface area contributed by atoms with Crippen molar-refractivity contribution >= 4 is 17.6 Å². The molecule has 0 saturated carbocycles. The van der Waals surface area contributed by atoms with Gasteiger partial charge in [0.2, 0.25) is 5.91 Å². The van der Waals surface area contributed by atoms with Crippen LogP contribution in [0.1, 0.15) is 24.8 Å². The highest BCUT2D eigenvalue weighted by molar-refractivity contribution is 5.89. The first-order chi connectivity index (χ1) is 16.6. The summed E-state index contributed by atoms with van der Waals surface area (Å²) in [5, 5.41) is 5.50. The van der Waals surface area contributed by atoms with E-state index in [0.29, 0.717) is 36.9 Å². The van der Waals surface area contributed by atoms with Gasteiger partial charge in [-0.15, -0.1) is 0 Å². The van der Waals surface area contributed by atoms with Gasteiger partial charge in [-0.2, -0.15) is 0 Å². The number of amides is 3. The van der Waals surface area contributed by atoms with Crippen LogP contribution in [0, 0.1) is 0 Å². The largest absolute Gasteiger partial charge is 0.493 e. The summed E-state index contributed by atoms with van der Waals surface area (Å²) in [4.78, 5) is 27.0. The van der Waals surface area contributed by atoms with Crippen molar-refractivity contribution in [2.75, 3.05) is 38.7 Å². The number of para-hydroxylation sites is 1. The van der Waals surface area contributed by atoms with Crippen LogP contribution in [-0.4, -0.2) is 56.4 Å². The van der Waals surface area contributed by atoms with Crippen LogP contribution in [0.5, 0.6) is 11.5 Å². The Kier molecular flexibility index (Phi) is 9.79. The van der Waals surface area contributed by atoms with Crippen molar-refractivity contribution in [2.45, 2.75) is 31.9 Å². The van der Waals surface area contributed by atoms with Gasteiger partial charge >= 0.3 is 6.03 Å². The molecule has 1 aliphatic heterocycles. The highest BCUT2D eigenvalue weighted by Gasteiger charge is 2.23. The van der Waals surface area contributed by atoms with Crippen LogP contribution in [0.25, 0.3) is 0 Å². The minimum Gasteiger partial charge on any atom is -0.493 e. The molecule has 0 spiro atoms. The molecule has 2 aromatic rings. The zero-order valence-corrected chi connectivity index (χ0v) is 19.6. The Hall–Kier alpha value is -3.52. The van der Waals surface area contributed by atoms with Gasteiger partial charge in [0.05, 0.1) is 13.2 Å². The van der Waals surface area contributed by atoms with Gasteiger partial charge in [-0.3, -0.25) is 4.79 Å². The van der Waals surface area contributed by atoms with E-state index in [1.54, 1.807) is 30.2 Å². The second-order valence-electron chi connectivity index (χ2n) is 7.99. The summed E-state index contributed by atoms with van der Waals surface area (Å²) in [7, 11) is 1.58. The third-order valence-corrected chi connectivity index (χ3v) is 5.41. The number of rotatable bonds is 12. The lowest BCUT2D eigenvalue weighted by atomic mass is 10.1. The Labute approximate surface area is 200 Å². The number of hydrogen-bond acceptors (Lipinski definition) is 5. The molecule has 1 fully saturated rings. The quantitative estimate of drug-likeness (QED) is 0.461. The van der Waals surface area contributed by atoms with Crippen molar-refractivity contribution in [3.05, 3.63) is 66.7 Å². The molecule has 34 heavy (non-hydrogen) atoms. The van der Waals surface area contributed by atoms with E-state index in [1.165, 1.54) is 0 Å². The number of carbonyl (C=O) groups is 2. The van der Waals surface area contributed by atoms with Crippen molar-refractivity contribution < 1.29 is 23.8 Å². The minimum atomic E-state index is -0.343. The number of anilines is 1. The van der Waals surface area contributed by atoms with Crippen molar-refractivity contribution in [1.29, 1.82) is 0 Å². The Bertz CT molecular complexity index is 945. The fraction of sp³-hybridized carbons (Fsp3) is 0.385. The molecule has 0 bridgehead atoms. The number of hydrogen-bond donors (Lipinski definition) is 2. The molecule has 8 nitrogen and oxygen atoms in total. The first-order valence-electron chi connectivity index (χ1n) is 11.5. The lowest BCUT2D eigenvalue weighted by Gasteiger charge is -2.26. The summed E-state index contributed by atoms with van der Waals surface area (Å²) in [6.07, 6.45) is 3.81. The highest BCUT2D eigenvalue weighted by atomic mass is 16.5. The van der Waals surface area contributed by atoms with Crippen LogP contribution in [0.2, 0.25) is 0 Å². The van der Waals surface area contributed by atoms with Crippen LogP contribution in [-0.2, 0) is 16.1 Å². The summed E-state index contributed by atoms with van der Waals surface area (Å²) in [5.74, 6) is 1.17. The molecule has 1 unspecified atom stereocenters. The average Bonchev–Trinajstić information content (AvgIpc) is 3.36. The van der Waals surface area contributed by atoms with Crippen LogP contribution in [0.4, 0.5) is 10.5 Å². The summed E-state index contributed by atoms with van der Waals surface area (Å²) < 4.78 is 16.8. The SMILES string of the molecule is C=CCOc1ccc(CN(CC2CCCO2)C(=O)CCNC(=O)Nc2ccccc2)cc1OC. The molecule has 0 aliphatic carbocycles. The number of benzene rings is 2. The molecule has 8 heteroatoms. The van der Waals surface area contributed by atoms with Gasteiger partial charge in [-0.1, -0.05) is 36.9 Å². The van der Waals surface area contributed by atoms with Crippen LogP contribution in [0.15, 0.2) is 61.2 Å². The maximum atomic E-state index is 13.1. The summed E-state index contributed by atoms with van der Waals surface area (Å²) in [6, 6.07) is 14.5. The van der Waals surface area contributed by atoms with Crippen molar-refractivity contribution in [3.63, 3.8) is 0 Å². The summed E-state index contributed by atoms with van der Waals surface area (Å²) in [5.41, 5.74) is 1.62. The van der Waals surface area contributed by atoms with Gasteiger partial charge in [-0.25, -0.2) is 4.79 Å².